The topological polar surface area (TPSA) is 29.5 Å². The lowest BCUT2D eigenvalue weighted by molar-refractivity contribution is 0.168. The van der Waals surface area contributed by atoms with Gasteiger partial charge in [0, 0.05) is 16.5 Å². The smallest absolute Gasteiger partial charge is 0.122 e. The van der Waals surface area contributed by atoms with E-state index in [0.717, 1.165) is 30.8 Å². The summed E-state index contributed by atoms with van der Waals surface area (Å²) in [5.74, 6) is 0.987. The van der Waals surface area contributed by atoms with Crippen molar-refractivity contribution in [2.45, 2.75) is 25.4 Å². The normalized spacial score (nSPS) is 14.6. The molecule has 110 valence electrons. The summed E-state index contributed by atoms with van der Waals surface area (Å²) < 4.78 is 5.50. The van der Waals surface area contributed by atoms with Crippen LogP contribution in [-0.2, 0) is 12.8 Å². The Bertz CT molecular complexity index is 635. The SMILES string of the molecule is OC(CCc1ccc2c(c1)CCO2)c1cc(Cl)cc(Cl)c1. The highest BCUT2D eigenvalue weighted by atomic mass is 35.5. The first-order valence-corrected chi connectivity index (χ1v) is 7.76. The van der Waals surface area contributed by atoms with Crippen molar-refractivity contribution in [3.05, 3.63) is 63.1 Å². The van der Waals surface area contributed by atoms with Crippen molar-refractivity contribution in [1.82, 2.24) is 0 Å². The van der Waals surface area contributed by atoms with E-state index in [1.807, 2.05) is 6.07 Å². The standard InChI is InChI=1S/C17H16Cl2O2/c18-14-8-13(9-15(19)10-14)16(20)3-1-11-2-4-17-12(7-11)5-6-21-17/h2,4,7-10,16,20H,1,3,5-6H2. The predicted molar refractivity (Wildman–Crippen MR) is 85.4 cm³/mol. The van der Waals surface area contributed by atoms with E-state index in [-0.39, 0.29) is 0 Å². The molecule has 1 aliphatic heterocycles. The van der Waals surface area contributed by atoms with Crippen LogP contribution in [-0.4, -0.2) is 11.7 Å². The molecule has 0 radical (unpaired) electrons. The van der Waals surface area contributed by atoms with Gasteiger partial charge in [-0.3, -0.25) is 0 Å². The molecule has 1 aliphatic rings. The fraction of sp³-hybridized carbons (Fsp3) is 0.294. The quantitative estimate of drug-likeness (QED) is 0.891. The fourth-order valence-electron chi connectivity index (χ4n) is 2.63. The molecule has 0 bridgehead atoms. The number of hydrogen-bond acceptors (Lipinski definition) is 2. The molecule has 1 atom stereocenters. The van der Waals surface area contributed by atoms with Gasteiger partial charge in [0.2, 0.25) is 0 Å². The van der Waals surface area contributed by atoms with Gasteiger partial charge in [-0.2, -0.15) is 0 Å². The molecule has 4 heteroatoms. The number of halogens is 2. The van der Waals surface area contributed by atoms with Crippen LogP contribution in [0, 0.1) is 0 Å². The molecule has 0 aromatic heterocycles. The number of ether oxygens (including phenoxy) is 1. The summed E-state index contributed by atoms with van der Waals surface area (Å²) in [4.78, 5) is 0. The van der Waals surface area contributed by atoms with Crippen LogP contribution in [0.5, 0.6) is 5.75 Å². The Morgan fingerprint density at radius 2 is 1.86 bits per heavy atom. The number of aliphatic hydroxyl groups is 1. The second-order valence-corrected chi connectivity index (χ2v) is 6.17. The van der Waals surface area contributed by atoms with E-state index in [1.54, 1.807) is 18.2 Å². The molecule has 21 heavy (non-hydrogen) atoms. The van der Waals surface area contributed by atoms with Crippen LogP contribution < -0.4 is 4.74 Å². The highest BCUT2D eigenvalue weighted by Crippen LogP contribution is 2.29. The van der Waals surface area contributed by atoms with Crippen LogP contribution in [0.1, 0.15) is 29.2 Å². The van der Waals surface area contributed by atoms with Gasteiger partial charge in [-0.05, 0) is 53.8 Å². The zero-order valence-electron chi connectivity index (χ0n) is 11.5. The molecular weight excluding hydrogens is 307 g/mol. The van der Waals surface area contributed by atoms with Gasteiger partial charge in [0.05, 0.1) is 12.7 Å². The average Bonchev–Trinajstić information content (AvgIpc) is 2.91. The molecule has 1 heterocycles. The van der Waals surface area contributed by atoms with Gasteiger partial charge in [-0.25, -0.2) is 0 Å². The highest BCUT2D eigenvalue weighted by molar-refractivity contribution is 6.34. The first-order chi connectivity index (χ1) is 10.1. The molecule has 0 saturated carbocycles. The molecule has 1 unspecified atom stereocenters. The maximum atomic E-state index is 10.3. The Hall–Kier alpha value is -1.22. The van der Waals surface area contributed by atoms with Crippen LogP contribution >= 0.6 is 23.2 Å². The van der Waals surface area contributed by atoms with Crippen LogP contribution in [0.15, 0.2) is 36.4 Å². The van der Waals surface area contributed by atoms with Gasteiger partial charge in [-0.15, -0.1) is 0 Å². The van der Waals surface area contributed by atoms with E-state index >= 15 is 0 Å². The Balaban J connectivity index is 1.66. The molecule has 1 N–H and O–H groups in total. The zero-order chi connectivity index (χ0) is 14.8. The Morgan fingerprint density at radius 3 is 2.62 bits per heavy atom. The Kier molecular flexibility index (Phi) is 4.39. The molecule has 2 aromatic rings. The number of aryl methyl sites for hydroxylation is 1. The number of fused-ring (bicyclic) bond motifs is 1. The van der Waals surface area contributed by atoms with E-state index in [9.17, 15) is 5.11 Å². The number of benzene rings is 2. The fourth-order valence-corrected chi connectivity index (χ4v) is 3.18. The maximum Gasteiger partial charge on any atom is 0.122 e. The lowest BCUT2D eigenvalue weighted by Crippen LogP contribution is -2.00. The number of rotatable bonds is 4. The monoisotopic (exact) mass is 322 g/mol. The summed E-state index contributed by atoms with van der Waals surface area (Å²) in [5, 5.41) is 11.4. The maximum absolute atomic E-state index is 10.3. The first kappa shape index (κ1) is 14.7. The third-order valence-corrected chi connectivity index (χ3v) is 4.17. The van der Waals surface area contributed by atoms with Gasteiger partial charge in [0.15, 0.2) is 0 Å². The van der Waals surface area contributed by atoms with Crippen molar-refractivity contribution in [2.75, 3.05) is 6.61 Å². The summed E-state index contributed by atoms with van der Waals surface area (Å²) in [5.41, 5.74) is 3.23. The molecular formula is C17H16Cl2O2. The molecule has 0 aliphatic carbocycles. The molecule has 0 spiro atoms. The third-order valence-electron chi connectivity index (χ3n) is 3.73. The van der Waals surface area contributed by atoms with Gasteiger partial charge in [0.1, 0.15) is 5.75 Å². The van der Waals surface area contributed by atoms with Crippen molar-refractivity contribution in [3.63, 3.8) is 0 Å². The summed E-state index contributed by atoms with van der Waals surface area (Å²) in [6, 6.07) is 11.4. The van der Waals surface area contributed by atoms with Crippen molar-refractivity contribution in [3.8, 4) is 5.75 Å². The van der Waals surface area contributed by atoms with E-state index in [1.165, 1.54) is 11.1 Å². The van der Waals surface area contributed by atoms with Crippen LogP contribution in [0.4, 0.5) is 0 Å². The molecule has 0 amide bonds. The van der Waals surface area contributed by atoms with E-state index < -0.39 is 6.10 Å². The molecule has 0 fully saturated rings. The van der Waals surface area contributed by atoms with Crippen molar-refractivity contribution < 1.29 is 9.84 Å². The third kappa shape index (κ3) is 3.52. The van der Waals surface area contributed by atoms with Gasteiger partial charge < -0.3 is 9.84 Å². The van der Waals surface area contributed by atoms with Gasteiger partial charge >= 0.3 is 0 Å². The number of aliphatic hydroxyl groups excluding tert-OH is 1. The van der Waals surface area contributed by atoms with Crippen molar-refractivity contribution in [1.29, 1.82) is 0 Å². The lowest BCUT2D eigenvalue weighted by Gasteiger charge is -2.12. The van der Waals surface area contributed by atoms with E-state index in [0.29, 0.717) is 16.5 Å². The minimum absolute atomic E-state index is 0.547. The van der Waals surface area contributed by atoms with Gasteiger partial charge in [0.25, 0.3) is 0 Å². The minimum Gasteiger partial charge on any atom is -0.493 e. The second-order valence-electron chi connectivity index (χ2n) is 5.30. The Morgan fingerprint density at radius 1 is 1.10 bits per heavy atom. The van der Waals surface area contributed by atoms with E-state index in [4.69, 9.17) is 27.9 Å². The molecule has 3 rings (SSSR count). The lowest BCUT2D eigenvalue weighted by atomic mass is 9.99. The summed E-state index contributed by atoms with van der Waals surface area (Å²) in [6.45, 7) is 0.766. The Labute approximate surface area is 134 Å². The van der Waals surface area contributed by atoms with Crippen LogP contribution in [0.3, 0.4) is 0 Å². The highest BCUT2D eigenvalue weighted by Gasteiger charge is 2.14. The first-order valence-electron chi connectivity index (χ1n) is 7.00. The van der Waals surface area contributed by atoms with Crippen LogP contribution in [0.2, 0.25) is 10.0 Å². The van der Waals surface area contributed by atoms with Crippen molar-refractivity contribution in [2.24, 2.45) is 0 Å². The van der Waals surface area contributed by atoms with E-state index in [2.05, 4.69) is 12.1 Å². The summed E-state index contributed by atoms with van der Waals surface area (Å²) >= 11 is 11.9. The minimum atomic E-state index is -0.564. The molecule has 2 aromatic carbocycles. The number of hydrogen-bond donors (Lipinski definition) is 1. The zero-order valence-corrected chi connectivity index (χ0v) is 13.0. The summed E-state index contributed by atoms with van der Waals surface area (Å²) in [7, 11) is 0. The van der Waals surface area contributed by atoms with Gasteiger partial charge in [-0.1, -0.05) is 35.3 Å². The summed E-state index contributed by atoms with van der Waals surface area (Å²) in [6.07, 6.45) is 1.84. The average molecular weight is 323 g/mol. The van der Waals surface area contributed by atoms with Crippen molar-refractivity contribution >= 4 is 23.2 Å². The largest absolute Gasteiger partial charge is 0.493 e. The predicted octanol–water partition coefficient (Wildman–Crippen LogP) is 4.59. The van der Waals surface area contributed by atoms with Crippen LogP contribution in [0.25, 0.3) is 0 Å². The molecule has 0 saturated heterocycles. The molecule has 2 nitrogen and oxygen atoms in total. The second kappa shape index (κ2) is 6.27.